The van der Waals surface area contributed by atoms with E-state index in [1.807, 2.05) is 6.07 Å². The van der Waals surface area contributed by atoms with Gasteiger partial charge in [0.25, 0.3) is 11.8 Å². The van der Waals surface area contributed by atoms with Crippen LogP contribution in [0, 0.1) is 0 Å². The van der Waals surface area contributed by atoms with E-state index < -0.39 is 0 Å². The molecule has 0 aliphatic heterocycles. The molecule has 0 bridgehead atoms. The maximum atomic E-state index is 12.5. The van der Waals surface area contributed by atoms with Gasteiger partial charge in [0.15, 0.2) is 0 Å². The van der Waals surface area contributed by atoms with Crippen molar-refractivity contribution in [3.63, 3.8) is 0 Å². The maximum Gasteiger partial charge on any atom is 0.273 e. The molecule has 33 heavy (non-hydrogen) atoms. The van der Waals surface area contributed by atoms with Crippen LogP contribution in [0.25, 0.3) is 0 Å². The van der Waals surface area contributed by atoms with E-state index in [0.717, 1.165) is 0 Å². The van der Waals surface area contributed by atoms with Crippen molar-refractivity contribution in [1.82, 2.24) is 10.9 Å². The molecular weight excluding hydrogens is 422 g/mol. The molecule has 4 aromatic rings. The summed E-state index contributed by atoms with van der Waals surface area (Å²) in [6.07, 6.45) is 5.86. The number of carbonyl (C=O) groups is 2. The van der Waals surface area contributed by atoms with Gasteiger partial charge in [-0.1, -0.05) is 12.1 Å². The van der Waals surface area contributed by atoms with Crippen LogP contribution in [-0.2, 0) is 0 Å². The molecule has 0 aliphatic rings. The third kappa shape index (κ3) is 5.82. The number of anilines is 2. The van der Waals surface area contributed by atoms with Crippen molar-refractivity contribution >= 4 is 35.6 Å². The Bertz CT molecular complexity index is 1260. The molecule has 164 valence electrons. The SMILES string of the molecule is O=C(N/N=C/c1ccco1)c1ccc(Nc2ccccc2C(=O)N/N=C/c2ccco2)cc1. The van der Waals surface area contributed by atoms with E-state index in [0.29, 0.717) is 34.0 Å². The van der Waals surface area contributed by atoms with Crippen molar-refractivity contribution in [2.24, 2.45) is 10.2 Å². The predicted molar refractivity (Wildman–Crippen MR) is 124 cm³/mol. The summed E-state index contributed by atoms with van der Waals surface area (Å²) < 4.78 is 10.2. The minimum absolute atomic E-state index is 0.362. The molecule has 0 radical (unpaired) electrons. The van der Waals surface area contributed by atoms with Gasteiger partial charge in [0, 0.05) is 11.3 Å². The number of rotatable bonds is 8. The highest BCUT2D eigenvalue weighted by atomic mass is 16.3. The number of furan rings is 2. The maximum absolute atomic E-state index is 12.5. The molecule has 0 spiro atoms. The number of para-hydroxylation sites is 1. The van der Waals surface area contributed by atoms with Crippen molar-refractivity contribution in [3.8, 4) is 0 Å². The third-order valence-corrected chi connectivity index (χ3v) is 4.40. The van der Waals surface area contributed by atoms with Crippen LogP contribution in [0.5, 0.6) is 0 Å². The zero-order valence-electron chi connectivity index (χ0n) is 17.3. The predicted octanol–water partition coefficient (Wildman–Crippen LogP) is 4.14. The Morgan fingerprint density at radius 1 is 0.697 bits per heavy atom. The standard InChI is InChI=1S/C24H19N5O4/c30-23(28-25-15-19-5-3-13-32-19)17-9-11-18(12-10-17)27-22-8-2-1-7-21(22)24(31)29-26-16-20-6-4-14-33-20/h1-16,27H,(H,28,30)(H,29,31)/b25-15+,26-16+. The van der Waals surface area contributed by atoms with E-state index in [4.69, 9.17) is 8.83 Å². The Balaban J connectivity index is 1.37. The fraction of sp³-hybridized carbons (Fsp3) is 0. The van der Waals surface area contributed by atoms with Crippen LogP contribution in [0.15, 0.2) is 104 Å². The molecule has 0 saturated carbocycles. The largest absolute Gasteiger partial charge is 0.463 e. The molecule has 2 amide bonds. The smallest absolute Gasteiger partial charge is 0.273 e. The lowest BCUT2D eigenvalue weighted by Crippen LogP contribution is -2.19. The third-order valence-electron chi connectivity index (χ3n) is 4.40. The van der Waals surface area contributed by atoms with E-state index in [1.54, 1.807) is 66.7 Å². The Morgan fingerprint density at radius 2 is 1.30 bits per heavy atom. The average Bonchev–Trinajstić information content (AvgIpc) is 3.54. The summed E-state index contributed by atoms with van der Waals surface area (Å²) in [7, 11) is 0. The zero-order chi connectivity index (χ0) is 22.9. The number of hydrogen-bond acceptors (Lipinski definition) is 7. The van der Waals surface area contributed by atoms with E-state index in [2.05, 4.69) is 26.4 Å². The first-order valence-electron chi connectivity index (χ1n) is 9.89. The number of amides is 2. The van der Waals surface area contributed by atoms with Crippen LogP contribution in [0.4, 0.5) is 11.4 Å². The Morgan fingerprint density at radius 3 is 1.91 bits per heavy atom. The van der Waals surface area contributed by atoms with E-state index >= 15 is 0 Å². The van der Waals surface area contributed by atoms with Crippen LogP contribution in [0.1, 0.15) is 32.2 Å². The molecular formula is C24H19N5O4. The normalized spacial score (nSPS) is 11.0. The van der Waals surface area contributed by atoms with Crippen LogP contribution in [-0.4, -0.2) is 24.2 Å². The second kappa shape index (κ2) is 10.4. The van der Waals surface area contributed by atoms with Gasteiger partial charge in [0.2, 0.25) is 0 Å². The highest BCUT2D eigenvalue weighted by Gasteiger charge is 2.11. The summed E-state index contributed by atoms with van der Waals surface area (Å²) in [6.45, 7) is 0. The Hall–Kier alpha value is -4.92. The molecule has 0 fully saturated rings. The Kier molecular flexibility index (Phi) is 6.72. The van der Waals surface area contributed by atoms with Gasteiger partial charge in [0.1, 0.15) is 11.5 Å². The lowest BCUT2D eigenvalue weighted by atomic mass is 10.1. The number of nitrogens with one attached hydrogen (secondary N) is 3. The quantitative estimate of drug-likeness (QED) is 0.280. The van der Waals surface area contributed by atoms with Crippen molar-refractivity contribution < 1.29 is 18.4 Å². The molecule has 0 aliphatic carbocycles. The summed E-state index contributed by atoms with van der Waals surface area (Å²) in [5.74, 6) is 0.312. The summed E-state index contributed by atoms with van der Waals surface area (Å²) in [5, 5.41) is 10.9. The molecule has 0 saturated heterocycles. The van der Waals surface area contributed by atoms with Crippen LogP contribution >= 0.6 is 0 Å². The molecule has 0 unspecified atom stereocenters. The molecule has 3 N–H and O–H groups in total. The molecule has 9 nitrogen and oxygen atoms in total. The van der Waals surface area contributed by atoms with Crippen molar-refractivity contribution in [2.45, 2.75) is 0 Å². The fourth-order valence-electron chi connectivity index (χ4n) is 2.81. The molecule has 4 rings (SSSR count). The van der Waals surface area contributed by atoms with Crippen molar-refractivity contribution in [1.29, 1.82) is 0 Å². The summed E-state index contributed by atoms with van der Waals surface area (Å²) in [6, 6.07) is 20.7. The summed E-state index contributed by atoms with van der Waals surface area (Å²) in [5.41, 5.74) is 7.03. The van der Waals surface area contributed by atoms with Crippen molar-refractivity contribution in [3.05, 3.63) is 108 Å². The fourth-order valence-corrected chi connectivity index (χ4v) is 2.81. The number of hydrogen-bond donors (Lipinski definition) is 3. The number of nitrogens with zero attached hydrogens (tertiary/aromatic N) is 2. The molecule has 2 aromatic heterocycles. The van der Waals surface area contributed by atoms with Gasteiger partial charge in [-0.25, -0.2) is 10.9 Å². The number of benzene rings is 2. The highest BCUT2D eigenvalue weighted by Crippen LogP contribution is 2.21. The minimum Gasteiger partial charge on any atom is -0.463 e. The molecule has 9 heteroatoms. The topological polar surface area (TPSA) is 121 Å². The first kappa shape index (κ1) is 21.3. The van der Waals surface area contributed by atoms with Gasteiger partial charge in [0.05, 0.1) is 36.2 Å². The van der Waals surface area contributed by atoms with Gasteiger partial charge in [-0.15, -0.1) is 0 Å². The lowest BCUT2D eigenvalue weighted by molar-refractivity contribution is 0.0947. The van der Waals surface area contributed by atoms with Gasteiger partial charge in [-0.05, 0) is 60.7 Å². The van der Waals surface area contributed by atoms with Gasteiger partial charge in [-0.2, -0.15) is 10.2 Å². The molecule has 2 heterocycles. The summed E-state index contributed by atoms with van der Waals surface area (Å²) >= 11 is 0. The highest BCUT2D eigenvalue weighted by molar-refractivity contribution is 6.00. The van der Waals surface area contributed by atoms with Crippen molar-refractivity contribution in [2.75, 3.05) is 5.32 Å². The zero-order valence-corrected chi connectivity index (χ0v) is 17.3. The van der Waals surface area contributed by atoms with Crippen LogP contribution in [0.3, 0.4) is 0 Å². The van der Waals surface area contributed by atoms with Gasteiger partial charge >= 0.3 is 0 Å². The average molecular weight is 441 g/mol. The van der Waals surface area contributed by atoms with Crippen LogP contribution in [0.2, 0.25) is 0 Å². The number of hydrazone groups is 2. The van der Waals surface area contributed by atoms with Crippen LogP contribution < -0.4 is 16.2 Å². The first-order valence-corrected chi connectivity index (χ1v) is 9.89. The van der Waals surface area contributed by atoms with E-state index in [1.165, 1.54) is 25.0 Å². The second-order valence-corrected chi connectivity index (χ2v) is 6.68. The van der Waals surface area contributed by atoms with Gasteiger partial charge < -0.3 is 14.2 Å². The Labute approximate surface area is 188 Å². The first-order chi connectivity index (χ1) is 16.2. The van der Waals surface area contributed by atoms with E-state index in [-0.39, 0.29) is 11.8 Å². The van der Waals surface area contributed by atoms with Gasteiger partial charge in [-0.3, -0.25) is 9.59 Å². The lowest BCUT2D eigenvalue weighted by Gasteiger charge is -2.11. The minimum atomic E-state index is -0.383. The molecule has 0 atom stereocenters. The monoisotopic (exact) mass is 441 g/mol. The molecule has 2 aromatic carbocycles. The number of carbonyl (C=O) groups excluding carboxylic acids is 2. The van der Waals surface area contributed by atoms with E-state index in [9.17, 15) is 9.59 Å². The summed E-state index contributed by atoms with van der Waals surface area (Å²) in [4.78, 5) is 24.8. The second-order valence-electron chi connectivity index (χ2n) is 6.68.